The lowest BCUT2D eigenvalue weighted by Crippen LogP contribution is -2.06. The minimum atomic E-state index is -0.196. The van der Waals surface area contributed by atoms with Crippen molar-refractivity contribution in [2.45, 2.75) is 25.2 Å². The van der Waals surface area contributed by atoms with Crippen molar-refractivity contribution in [3.05, 3.63) is 47.3 Å². The monoisotopic (exact) mass is 297 g/mol. The second-order valence-electron chi connectivity index (χ2n) is 3.68. The van der Waals surface area contributed by atoms with E-state index in [0.29, 0.717) is 17.3 Å². The SMILES string of the molecule is CCn1c(CBr)nnc1Cc1ccccc1F. The van der Waals surface area contributed by atoms with Crippen LogP contribution in [0.25, 0.3) is 0 Å². The van der Waals surface area contributed by atoms with Gasteiger partial charge in [-0.3, -0.25) is 0 Å². The van der Waals surface area contributed by atoms with E-state index in [1.54, 1.807) is 12.1 Å². The minimum absolute atomic E-state index is 0.196. The summed E-state index contributed by atoms with van der Waals surface area (Å²) in [5.41, 5.74) is 0.649. The van der Waals surface area contributed by atoms with Crippen molar-refractivity contribution in [1.29, 1.82) is 0 Å². The fourth-order valence-corrected chi connectivity index (χ4v) is 2.19. The molecule has 5 heteroatoms. The van der Waals surface area contributed by atoms with Gasteiger partial charge in [-0.25, -0.2) is 4.39 Å². The van der Waals surface area contributed by atoms with E-state index in [4.69, 9.17) is 0 Å². The summed E-state index contributed by atoms with van der Waals surface area (Å²) in [6.45, 7) is 2.82. The summed E-state index contributed by atoms with van der Waals surface area (Å²) in [5, 5.41) is 8.84. The average Bonchev–Trinajstić information content (AvgIpc) is 2.74. The van der Waals surface area contributed by atoms with Crippen LogP contribution in [0.1, 0.15) is 24.1 Å². The summed E-state index contributed by atoms with van der Waals surface area (Å²) < 4.78 is 15.5. The summed E-state index contributed by atoms with van der Waals surface area (Å²) in [6, 6.07) is 6.76. The molecule has 1 aromatic heterocycles. The minimum Gasteiger partial charge on any atom is -0.314 e. The largest absolute Gasteiger partial charge is 0.314 e. The van der Waals surface area contributed by atoms with Gasteiger partial charge >= 0.3 is 0 Å². The van der Waals surface area contributed by atoms with Crippen LogP contribution in [0.5, 0.6) is 0 Å². The van der Waals surface area contributed by atoms with Crippen molar-refractivity contribution in [2.24, 2.45) is 0 Å². The molecule has 0 amide bonds. The molecular formula is C12H13BrFN3. The maximum atomic E-state index is 13.5. The maximum Gasteiger partial charge on any atom is 0.143 e. The highest BCUT2D eigenvalue weighted by Gasteiger charge is 2.11. The third-order valence-corrected chi connectivity index (χ3v) is 3.15. The van der Waals surface area contributed by atoms with E-state index < -0.39 is 0 Å². The molecule has 0 fully saturated rings. The van der Waals surface area contributed by atoms with E-state index in [1.807, 2.05) is 17.6 Å². The van der Waals surface area contributed by atoms with E-state index in [1.165, 1.54) is 6.07 Å². The first-order chi connectivity index (χ1) is 8.26. The zero-order valence-corrected chi connectivity index (χ0v) is 11.1. The van der Waals surface area contributed by atoms with Gasteiger partial charge in [-0.1, -0.05) is 34.1 Å². The fraction of sp³-hybridized carbons (Fsp3) is 0.333. The third-order valence-electron chi connectivity index (χ3n) is 2.65. The molecular weight excluding hydrogens is 285 g/mol. The van der Waals surface area contributed by atoms with Crippen molar-refractivity contribution in [3.63, 3.8) is 0 Å². The standard InChI is InChI=1S/C12H13BrFN3/c1-2-17-11(15-16-12(17)8-13)7-9-5-3-4-6-10(9)14/h3-6H,2,7-8H2,1H3. The van der Waals surface area contributed by atoms with E-state index in [0.717, 1.165) is 18.2 Å². The van der Waals surface area contributed by atoms with Crippen molar-refractivity contribution in [2.75, 3.05) is 0 Å². The second kappa shape index (κ2) is 5.40. The fourth-order valence-electron chi connectivity index (χ4n) is 1.78. The zero-order valence-electron chi connectivity index (χ0n) is 9.53. The molecule has 0 spiro atoms. The van der Waals surface area contributed by atoms with Crippen LogP contribution in [-0.2, 0) is 18.3 Å². The highest BCUT2D eigenvalue weighted by atomic mass is 79.9. The number of alkyl halides is 1. The number of nitrogens with zero attached hydrogens (tertiary/aromatic N) is 3. The molecule has 3 nitrogen and oxygen atoms in total. The van der Waals surface area contributed by atoms with E-state index in [-0.39, 0.29) is 5.82 Å². The van der Waals surface area contributed by atoms with Crippen LogP contribution in [0.4, 0.5) is 4.39 Å². The first-order valence-corrected chi connectivity index (χ1v) is 6.58. The molecule has 0 aliphatic heterocycles. The molecule has 0 bridgehead atoms. The Bertz CT molecular complexity index is 510. The molecule has 0 aliphatic carbocycles. The third kappa shape index (κ3) is 2.54. The van der Waals surface area contributed by atoms with Crippen molar-refractivity contribution < 1.29 is 4.39 Å². The second-order valence-corrected chi connectivity index (χ2v) is 4.24. The number of hydrogen-bond acceptors (Lipinski definition) is 2. The van der Waals surface area contributed by atoms with Crippen LogP contribution >= 0.6 is 15.9 Å². The van der Waals surface area contributed by atoms with Gasteiger partial charge in [0.2, 0.25) is 0 Å². The Hall–Kier alpha value is -1.23. The lowest BCUT2D eigenvalue weighted by Gasteiger charge is -2.06. The van der Waals surface area contributed by atoms with Gasteiger partial charge in [0.25, 0.3) is 0 Å². The van der Waals surface area contributed by atoms with Crippen molar-refractivity contribution >= 4 is 15.9 Å². The Morgan fingerprint density at radius 2 is 1.94 bits per heavy atom. The first-order valence-electron chi connectivity index (χ1n) is 5.46. The van der Waals surface area contributed by atoms with Gasteiger partial charge in [0.15, 0.2) is 0 Å². The smallest absolute Gasteiger partial charge is 0.143 e. The van der Waals surface area contributed by atoms with E-state index in [9.17, 15) is 4.39 Å². The van der Waals surface area contributed by atoms with Crippen LogP contribution in [-0.4, -0.2) is 14.8 Å². The Morgan fingerprint density at radius 3 is 2.59 bits per heavy atom. The van der Waals surface area contributed by atoms with Crippen molar-refractivity contribution in [3.8, 4) is 0 Å². The number of rotatable bonds is 4. The number of benzene rings is 1. The van der Waals surface area contributed by atoms with Crippen LogP contribution < -0.4 is 0 Å². The normalized spacial score (nSPS) is 10.8. The Labute approximate surface area is 108 Å². The highest BCUT2D eigenvalue weighted by molar-refractivity contribution is 9.08. The number of aromatic nitrogens is 3. The predicted octanol–water partition coefficient (Wildman–Crippen LogP) is 2.92. The molecule has 0 N–H and O–H groups in total. The molecule has 0 saturated carbocycles. The molecule has 0 unspecified atom stereocenters. The topological polar surface area (TPSA) is 30.7 Å². The van der Waals surface area contributed by atoms with Crippen LogP contribution in [0.15, 0.2) is 24.3 Å². The quantitative estimate of drug-likeness (QED) is 0.813. The molecule has 0 atom stereocenters. The molecule has 17 heavy (non-hydrogen) atoms. The van der Waals surface area contributed by atoms with Crippen LogP contribution in [0.2, 0.25) is 0 Å². The Balaban J connectivity index is 2.30. The summed E-state index contributed by atoms with van der Waals surface area (Å²) >= 11 is 3.36. The van der Waals surface area contributed by atoms with E-state index in [2.05, 4.69) is 26.1 Å². The lowest BCUT2D eigenvalue weighted by atomic mass is 10.1. The summed E-state index contributed by atoms with van der Waals surface area (Å²) in [6.07, 6.45) is 0.473. The zero-order chi connectivity index (χ0) is 12.3. The van der Waals surface area contributed by atoms with Gasteiger partial charge in [-0.15, -0.1) is 10.2 Å². The molecule has 0 radical (unpaired) electrons. The molecule has 1 heterocycles. The van der Waals surface area contributed by atoms with E-state index >= 15 is 0 Å². The molecule has 0 aliphatic rings. The Kier molecular flexibility index (Phi) is 3.89. The van der Waals surface area contributed by atoms with Gasteiger partial charge in [-0.05, 0) is 18.6 Å². The van der Waals surface area contributed by atoms with Gasteiger partial charge in [0, 0.05) is 13.0 Å². The van der Waals surface area contributed by atoms with Crippen LogP contribution in [0, 0.1) is 5.82 Å². The summed E-state index contributed by atoms with van der Waals surface area (Å²) in [7, 11) is 0. The van der Waals surface area contributed by atoms with Gasteiger partial charge in [-0.2, -0.15) is 0 Å². The molecule has 2 aromatic rings. The molecule has 2 rings (SSSR count). The average molecular weight is 298 g/mol. The predicted molar refractivity (Wildman–Crippen MR) is 67.5 cm³/mol. The van der Waals surface area contributed by atoms with Crippen LogP contribution in [0.3, 0.4) is 0 Å². The lowest BCUT2D eigenvalue weighted by molar-refractivity contribution is 0.606. The molecule has 90 valence electrons. The molecule has 1 aromatic carbocycles. The summed E-state index contributed by atoms with van der Waals surface area (Å²) in [4.78, 5) is 0. The summed E-state index contributed by atoms with van der Waals surface area (Å²) in [5.74, 6) is 1.48. The van der Waals surface area contributed by atoms with Crippen molar-refractivity contribution in [1.82, 2.24) is 14.8 Å². The van der Waals surface area contributed by atoms with Gasteiger partial charge in [0.05, 0.1) is 5.33 Å². The number of hydrogen-bond donors (Lipinski definition) is 0. The first kappa shape index (κ1) is 12.2. The van der Waals surface area contributed by atoms with Gasteiger partial charge in [0.1, 0.15) is 17.5 Å². The number of halogens is 2. The maximum absolute atomic E-state index is 13.5. The van der Waals surface area contributed by atoms with Gasteiger partial charge < -0.3 is 4.57 Å². The highest BCUT2D eigenvalue weighted by Crippen LogP contribution is 2.14. The molecule has 0 saturated heterocycles. The Morgan fingerprint density at radius 1 is 1.24 bits per heavy atom.